The molecule has 40 heavy (non-hydrogen) atoms. The van der Waals surface area contributed by atoms with Crippen LogP contribution in [0.4, 0.5) is 0 Å². The fourth-order valence-electron chi connectivity index (χ4n) is 5.10. The van der Waals surface area contributed by atoms with Gasteiger partial charge in [-0.25, -0.2) is 0 Å². The molecule has 1 N–H and O–H groups in total. The van der Waals surface area contributed by atoms with E-state index in [0.717, 1.165) is 31.6 Å². The Morgan fingerprint density at radius 2 is 1.75 bits per heavy atom. The largest absolute Gasteiger partial charge is 0.507 e. The first kappa shape index (κ1) is 29.6. The van der Waals surface area contributed by atoms with Crippen molar-refractivity contribution in [3.05, 3.63) is 64.7 Å². The number of hydrogen-bond acceptors (Lipinski definition) is 7. The first-order valence-electron chi connectivity index (χ1n) is 14.3. The van der Waals surface area contributed by atoms with Crippen molar-refractivity contribution in [3.8, 4) is 11.5 Å². The second-order valence-electron chi connectivity index (χ2n) is 10.8. The molecule has 8 heteroatoms. The Balaban J connectivity index is 1.69. The molecule has 1 amide bonds. The predicted octanol–water partition coefficient (Wildman–Crippen LogP) is 4.96. The van der Waals surface area contributed by atoms with Crippen LogP contribution in [0.5, 0.6) is 11.5 Å². The lowest BCUT2D eigenvalue weighted by Crippen LogP contribution is -2.39. The smallest absolute Gasteiger partial charge is 0.295 e. The van der Waals surface area contributed by atoms with Crippen molar-refractivity contribution in [2.75, 3.05) is 52.6 Å². The van der Waals surface area contributed by atoms with Gasteiger partial charge >= 0.3 is 0 Å². The number of hydrogen-bond donors (Lipinski definition) is 1. The number of carbonyl (C=O) groups is 2. The molecule has 1 atom stereocenters. The number of ether oxygens (including phenoxy) is 3. The van der Waals surface area contributed by atoms with Crippen molar-refractivity contribution < 1.29 is 28.9 Å². The molecule has 0 bridgehead atoms. The molecule has 2 aliphatic rings. The molecule has 2 fully saturated rings. The lowest BCUT2D eigenvalue weighted by atomic mass is 9.94. The summed E-state index contributed by atoms with van der Waals surface area (Å²) in [5.41, 5.74) is 2.32. The van der Waals surface area contributed by atoms with Gasteiger partial charge in [-0.05, 0) is 50.3 Å². The molecule has 0 saturated carbocycles. The van der Waals surface area contributed by atoms with Gasteiger partial charge < -0.3 is 24.2 Å². The van der Waals surface area contributed by atoms with Crippen LogP contribution in [-0.4, -0.2) is 79.2 Å². The number of likely N-dealkylation sites (tertiary alicyclic amines) is 1. The van der Waals surface area contributed by atoms with Crippen LogP contribution in [0.3, 0.4) is 0 Å². The van der Waals surface area contributed by atoms with E-state index in [2.05, 4.69) is 18.7 Å². The molecule has 0 aromatic heterocycles. The summed E-state index contributed by atoms with van der Waals surface area (Å²) in [6.45, 7) is 13.4. The number of benzene rings is 2. The highest BCUT2D eigenvalue weighted by Gasteiger charge is 2.46. The maximum absolute atomic E-state index is 13.4. The lowest BCUT2D eigenvalue weighted by Gasteiger charge is -2.29. The number of morpholine rings is 1. The second kappa shape index (κ2) is 13.8. The van der Waals surface area contributed by atoms with Crippen LogP contribution in [0.15, 0.2) is 48.0 Å². The molecule has 0 aliphatic carbocycles. The molecule has 2 saturated heterocycles. The van der Waals surface area contributed by atoms with E-state index in [1.807, 2.05) is 44.2 Å². The molecule has 0 radical (unpaired) electrons. The zero-order valence-corrected chi connectivity index (χ0v) is 24.2. The summed E-state index contributed by atoms with van der Waals surface area (Å²) >= 11 is 0. The highest BCUT2D eigenvalue weighted by atomic mass is 16.5. The fourth-order valence-corrected chi connectivity index (χ4v) is 5.10. The summed E-state index contributed by atoms with van der Waals surface area (Å²) in [6, 6.07) is 12.1. The number of nitrogens with zero attached hydrogens (tertiary/aromatic N) is 2. The third kappa shape index (κ3) is 7.04. The summed E-state index contributed by atoms with van der Waals surface area (Å²) in [7, 11) is 0. The summed E-state index contributed by atoms with van der Waals surface area (Å²) in [6.07, 6.45) is 1.61. The SMILES string of the molecule is CCOc1cc(C2C(=C(O)c3ccc(C)cc3)C(=O)C(=O)N2CCCN2CCOCC2)ccc1OCCC(C)C. The number of amides is 1. The Morgan fingerprint density at radius 1 is 1.02 bits per heavy atom. The van der Waals surface area contributed by atoms with Gasteiger partial charge in [0.05, 0.1) is 38.0 Å². The van der Waals surface area contributed by atoms with E-state index in [1.165, 1.54) is 0 Å². The first-order chi connectivity index (χ1) is 19.3. The van der Waals surface area contributed by atoms with Crippen molar-refractivity contribution in [1.82, 2.24) is 9.80 Å². The van der Waals surface area contributed by atoms with E-state index < -0.39 is 17.7 Å². The van der Waals surface area contributed by atoms with Crippen molar-refractivity contribution in [1.29, 1.82) is 0 Å². The van der Waals surface area contributed by atoms with E-state index in [1.54, 1.807) is 17.0 Å². The molecule has 2 aliphatic heterocycles. The summed E-state index contributed by atoms with van der Waals surface area (Å²) in [5, 5.41) is 11.4. The zero-order valence-electron chi connectivity index (χ0n) is 24.2. The van der Waals surface area contributed by atoms with Gasteiger partial charge in [-0.15, -0.1) is 0 Å². The van der Waals surface area contributed by atoms with Gasteiger partial charge in [0.25, 0.3) is 11.7 Å². The standard InChI is InChI=1S/C32H42N2O6/c1-5-39-27-21-25(11-12-26(27)40-18-13-22(2)3)29-28(30(35)24-9-7-23(4)8-10-24)31(36)32(37)34(29)15-6-14-33-16-19-38-20-17-33/h7-12,21-22,29,35H,5-6,13-20H2,1-4H3. The minimum Gasteiger partial charge on any atom is -0.507 e. The predicted molar refractivity (Wildman–Crippen MR) is 155 cm³/mol. The number of aryl methyl sites for hydroxylation is 1. The van der Waals surface area contributed by atoms with E-state index in [0.29, 0.717) is 67.9 Å². The molecular formula is C32H42N2O6. The van der Waals surface area contributed by atoms with Gasteiger partial charge in [0.15, 0.2) is 11.5 Å². The van der Waals surface area contributed by atoms with Crippen molar-refractivity contribution in [3.63, 3.8) is 0 Å². The van der Waals surface area contributed by atoms with Crippen LogP contribution in [-0.2, 0) is 14.3 Å². The molecule has 1 unspecified atom stereocenters. The Hall–Kier alpha value is -3.36. The van der Waals surface area contributed by atoms with Gasteiger partial charge in [0.2, 0.25) is 0 Å². The van der Waals surface area contributed by atoms with Crippen LogP contribution in [0, 0.1) is 12.8 Å². The number of ketones is 1. The maximum Gasteiger partial charge on any atom is 0.295 e. The van der Waals surface area contributed by atoms with Gasteiger partial charge in [-0.2, -0.15) is 0 Å². The average Bonchev–Trinajstić information content (AvgIpc) is 3.19. The minimum atomic E-state index is -0.741. The van der Waals surface area contributed by atoms with Gasteiger partial charge in [0, 0.05) is 31.7 Å². The van der Waals surface area contributed by atoms with E-state index >= 15 is 0 Å². The molecule has 0 spiro atoms. The molecule has 2 heterocycles. The zero-order chi connectivity index (χ0) is 28.6. The van der Waals surface area contributed by atoms with Gasteiger partial charge in [-0.3, -0.25) is 14.5 Å². The van der Waals surface area contributed by atoms with Crippen LogP contribution >= 0.6 is 0 Å². The molecule has 4 rings (SSSR count). The van der Waals surface area contributed by atoms with Crippen LogP contribution in [0.2, 0.25) is 0 Å². The third-order valence-electron chi connectivity index (χ3n) is 7.38. The van der Waals surface area contributed by atoms with Crippen molar-refractivity contribution >= 4 is 17.4 Å². The quantitative estimate of drug-likeness (QED) is 0.227. The highest BCUT2D eigenvalue weighted by molar-refractivity contribution is 6.46. The van der Waals surface area contributed by atoms with Crippen LogP contribution < -0.4 is 9.47 Å². The van der Waals surface area contributed by atoms with Crippen LogP contribution in [0.25, 0.3) is 5.76 Å². The van der Waals surface area contributed by atoms with Crippen molar-refractivity contribution in [2.45, 2.75) is 46.6 Å². The van der Waals surface area contributed by atoms with Gasteiger partial charge in [0.1, 0.15) is 5.76 Å². The Labute approximate surface area is 237 Å². The van der Waals surface area contributed by atoms with Gasteiger partial charge in [-0.1, -0.05) is 49.7 Å². The van der Waals surface area contributed by atoms with Crippen LogP contribution in [0.1, 0.15) is 56.3 Å². The average molecular weight is 551 g/mol. The third-order valence-corrected chi connectivity index (χ3v) is 7.38. The Kier molecular flexibility index (Phi) is 10.2. The minimum absolute atomic E-state index is 0.0937. The van der Waals surface area contributed by atoms with E-state index in [4.69, 9.17) is 14.2 Å². The monoisotopic (exact) mass is 550 g/mol. The number of Topliss-reactive ketones (excluding diaryl/α,β-unsaturated/α-hetero) is 1. The fraction of sp³-hybridized carbons (Fsp3) is 0.500. The van der Waals surface area contributed by atoms with E-state index in [9.17, 15) is 14.7 Å². The highest BCUT2D eigenvalue weighted by Crippen LogP contribution is 2.42. The maximum atomic E-state index is 13.4. The number of rotatable bonds is 12. The topological polar surface area (TPSA) is 88.5 Å². The van der Waals surface area contributed by atoms with E-state index in [-0.39, 0.29) is 11.3 Å². The Bertz CT molecular complexity index is 1200. The molecular weight excluding hydrogens is 508 g/mol. The molecule has 2 aromatic carbocycles. The first-order valence-corrected chi connectivity index (χ1v) is 14.3. The Morgan fingerprint density at radius 3 is 2.42 bits per heavy atom. The number of carbonyl (C=O) groups excluding carboxylic acids is 2. The normalized spacial score (nSPS) is 19.4. The second-order valence-corrected chi connectivity index (χ2v) is 10.8. The summed E-state index contributed by atoms with van der Waals surface area (Å²) < 4.78 is 17.4. The molecule has 216 valence electrons. The number of aliphatic hydroxyl groups is 1. The van der Waals surface area contributed by atoms with Crippen molar-refractivity contribution in [2.24, 2.45) is 5.92 Å². The molecule has 8 nitrogen and oxygen atoms in total. The molecule has 2 aromatic rings. The summed E-state index contributed by atoms with van der Waals surface area (Å²) in [4.78, 5) is 30.7. The summed E-state index contributed by atoms with van der Waals surface area (Å²) in [5.74, 6) is 0.232. The number of aliphatic hydroxyl groups excluding tert-OH is 1. The lowest BCUT2D eigenvalue weighted by molar-refractivity contribution is -0.140.